The summed E-state index contributed by atoms with van der Waals surface area (Å²) in [7, 11) is 1.28. The van der Waals surface area contributed by atoms with E-state index in [1.54, 1.807) is 24.3 Å². The van der Waals surface area contributed by atoms with Gasteiger partial charge in [-0.2, -0.15) is 0 Å². The van der Waals surface area contributed by atoms with E-state index in [0.717, 1.165) is 0 Å². The van der Waals surface area contributed by atoms with E-state index < -0.39 is 5.97 Å². The van der Waals surface area contributed by atoms with Crippen LogP contribution in [0.25, 0.3) is 0 Å². The van der Waals surface area contributed by atoms with Gasteiger partial charge in [-0.1, -0.05) is 12.1 Å². The lowest BCUT2D eigenvalue weighted by atomic mass is 10.1. The molecule has 3 N–H and O–H groups in total. The highest BCUT2D eigenvalue weighted by Crippen LogP contribution is 2.25. The Morgan fingerprint density at radius 3 is 2.55 bits per heavy atom. The minimum atomic E-state index is -0.487. The number of hydrogen-bond acceptors (Lipinski definition) is 5. The highest BCUT2D eigenvalue weighted by atomic mass is 16.5. The molecule has 114 valence electrons. The van der Waals surface area contributed by atoms with Crippen molar-refractivity contribution in [2.45, 2.75) is 6.42 Å². The van der Waals surface area contributed by atoms with Crippen LogP contribution in [0.1, 0.15) is 15.9 Å². The highest BCUT2D eigenvalue weighted by Gasteiger charge is 2.09. The summed E-state index contributed by atoms with van der Waals surface area (Å²) < 4.78 is 4.61. The summed E-state index contributed by atoms with van der Waals surface area (Å²) in [4.78, 5) is 23.4. The first kappa shape index (κ1) is 15.4. The first-order valence-electron chi connectivity index (χ1n) is 6.48. The topological polar surface area (TPSA) is 95.9 Å². The smallest absolute Gasteiger partial charge is 0.337 e. The number of carbonyl (C=O) groups is 2. The van der Waals surface area contributed by atoms with Gasteiger partial charge in [-0.3, -0.25) is 4.79 Å². The van der Waals surface area contributed by atoms with Gasteiger partial charge in [0.25, 0.3) is 0 Å². The van der Waals surface area contributed by atoms with Crippen LogP contribution in [0, 0.1) is 0 Å². The first-order chi connectivity index (χ1) is 10.5. The molecule has 0 aliphatic rings. The number of carbonyl (C=O) groups excluding carboxylic acids is 2. The van der Waals surface area contributed by atoms with Crippen molar-refractivity contribution >= 4 is 17.6 Å². The zero-order valence-electron chi connectivity index (χ0n) is 11.9. The van der Waals surface area contributed by atoms with Gasteiger partial charge in [-0.05, 0) is 35.9 Å². The summed E-state index contributed by atoms with van der Waals surface area (Å²) in [6.07, 6.45) is 0.0241. The second-order valence-electron chi connectivity index (χ2n) is 4.62. The summed E-state index contributed by atoms with van der Waals surface area (Å²) in [5.41, 5.74) is 1.36. The molecule has 2 rings (SSSR count). The predicted octanol–water partition coefficient (Wildman–Crippen LogP) is 2.07. The van der Waals surface area contributed by atoms with Gasteiger partial charge in [-0.25, -0.2) is 4.79 Å². The molecule has 0 bridgehead atoms. The number of benzene rings is 2. The highest BCUT2D eigenvalue weighted by molar-refractivity contribution is 5.95. The number of anilines is 1. The fourth-order valence-electron chi connectivity index (χ4n) is 1.91. The Morgan fingerprint density at radius 2 is 1.86 bits per heavy atom. The molecule has 0 unspecified atom stereocenters. The number of ether oxygens (including phenoxy) is 1. The van der Waals surface area contributed by atoms with Crippen molar-refractivity contribution < 1.29 is 24.5 Å². The Bertz CT molecular complexity index is 711. The second-order valence-corrected chi connectivity index (χ2v) is 4.62. The van der Waals surface area contributed by atoms with Crippen LogP contribution >= 0.6 is 0 Å². The van der Waals surface area contributed by atoms with E-state index in [-0.39, 0.29) is 23.8 Å². The lowest BCUT2D eigenvalue weighted by molar-refractivity contribution is -0.115. The van der Waals surface area contributed by atoms with Gasteiger partial charge >= 0.3 is 5.97 Å². The minimum Gasteiger partial charge on any atom is -0.504 e. The van der Waals surface area contributed by atoms with E-state index >= 15 is 0 Å². The van der Waals surface area contributed by atoms with E-state index in [4.69, 9.17) is 0 Å². The molecule has 0 saturated heterocycles. The molecule has 6 nitrogen and oxygen atoms in total. The summed E-state index contributed by atoms with van der Waals surface area (Å²) in [6, 6.07) is 10.6. The predicted molar refractivity (Wildman–Crippen MR) is 79.9 cm³/mol. The molecule has 2 aromatic rings. The van der Waals surface area contributed by atoms with Crippen LogP contribution in [0.2, 0.25) is 0 Å². The largest absolute Gasteiger partial charge is 0.504 e. The molecule has 0 saturated carbocycles. The van der Waals surface area contributed by atoms with Crippen LogP contribution in [-0.2, 0) is 16.0 Å². The van der Waals surface area contributed by atoms with E-state index in [9.17, 15) is 19.8 Å². The van der Waals surface area contributed by atoms with Gasteiger partial charge in [0.15, 0.2) is 11.5 Å². The molecule has 0 fully saturated rings. The Morgan fingerprint density at radius 1 is 1.09 bits per heavy atom. The zero-order chi connectivity index (χ0) is 16.1. The van der Waals surface area contributed by atoms with Crippen molar-refractivity contribution in [3.8, 4) is 11.5 Å². The fourth-order valence-corrected chi connectivity index (χ4v) is 1.91. The van der Waals surface area contributed by atoms with E-state index in [1.165, 1.54) is 25.3 Å². The standard InChI is InChI=1S/C16H15NO5/c1-22-16(21)11-3-2-4-12(9-11)17-15(20)8-10-5-6-13(18)14(19)7-10/h2-7,9,18-19H,8H2,1H3,(H,17,20). The second kappa shape index (κ2) is 6.62. The number of rotatable bonds is 4. The molecule has 1 amide bonds. The van der Waals surface area contributed by atoms with Crippen molar-refractivity contribution in [2.24, 2.45) is 0 Å². The average molecular weight is 301 g/mol. The first-order valence-corrected chi connectivity index (χ1v) is 6.48. The average Bonchev–Trinajstić information content (AvgIpc) is 2.50. The quantitative estimate of drug-likeness (QED) is 0.593. The molecule has 2 aromatic carbocycles. The fraction of sp³-hybridized carbons (Fsp3) is 0.125. The minimum absolute atomic E-state index is 0.0241. The number of phenols is 2. The molecule has 0 radical (unpaired) electrons. The molecular weight excluding hydrogens is 286 g/mol. The summed E-state index contributed by atoms with van der Waals surface area (Å²) >= 11 is 0. The number of aromatic hydroxyl groups is 2. The Kier molecular flexibility index (Phi) is 4.63. The molecule has 0 aromatic heterocycles. The number of nitrogens with one attached hydrogen (secondary N) is 1. The molecular formula is C16H15NO5. The zero-order valence-corrected chi connectivity index (χ0v) is 11.9. The monoisotopic (exact) mass is 301 g/mol. The van der Waals surface area contributed by atoms with Crippen LogP contribution < -0.4 is 5.32 Å². The van der Waals surface area contributed by atoms with Crippen molar-refractivity contribution in [3.63, 3.8) is 0 Å². The van der Waals surface area contributed by atoms with Crippen LogP contribution in [-0.4, -0.2) is 29.2 Å². The maximum Gasteiger partial charge on any atom is 0.337 e. The van der Waals surface area contributed by atoms with Crippen LogP contribution in [0.4, 0.5) is 5.69 Å². The maximum atomic E-state index is 12.0. The van der Waals surface area contributed by atoms with Crippen molar-refractivity contribution in [1.29, 1.82) is 0 Å². The van der Waals surface area contributed by atoms with Crippen LogP contribution in [0.5, 0.6) is 11.5 Å². The summed E-state index contributed by atoms with van der Waals surface area (Å²) in [5.74, 6) is -1.32. The molecule has 0 spiro atoms. The maximum absolute atomic E-state index is 12.0. The van der Waals surface area contributed by atoms with Gasteiger partial charge < -0.3 is 20.3 Å². The van der Waals surface area contributed by atoms with Crippen LogP contribution in [0.15, 0.2) is 42.5 Å². The van der Waals surface area contributed by atoms with Gasteiger partial charge in [0.2, 0.25) is 5.91 Å². The van der Waals surface area contributed by atoms with Crippen molar-refractivity contribution in [3.05, 3.63) is 53.6 Å². The lowest BCUT2D eigenvalue weighted by Gasteiger charge is -2.07. The molecule has 0 heterocycles. The van der Waals surface area contributed by atoms with E-state index in [2.05, 4.69) is 10.1 Å². The van der Waals surface area contributed by atoms with Gasteiger partial charge in [0.05, 0.1) is 19.1 Å². The van der Waals surface area contributed by atoms with Gasteiger partial charge in [0.1, 0.15) is 0 Å². The number of phenolic OH excluding ortho intramolecular Hbond substituents is 2. The molecule has 22 heavy (non-hydrogen) atoms. The Hall–Kier alpha value is -3.02. The third kappa shape index (κ3) is 3.76. The van der Waals surface area contributed by atoms with Gasteiger partial charge in [0, 0.05) is 5.69 Å². The molecule has 6 heteroatoms. The van der Waals surface area contributed by atoms with Gasteiger partial charge in [-0.15, -0.1) is 0 Å². The Balaban J connectivity index is 2.05. The molecule has 0 atom stereocenters. The Labute approximate surface area is 127 Å². The summed E-state index contributed by atoms with van der Waals surface area (Å²) in [6.45, 7) is 0. The molecule has 0 aliphatic heterocycles. The number of esters is 1. The van der Waals surface area contributed by atoms with Crippen molar-refractivity contribution in [2.75, 3.05) is 12.4 Å². The third-order valence-corrected chi connectivity index (χ3v) is 2.97. The normalized spacial score (nSPS) is 10.0. The van der Waals surface area contributed by atoms with Crippen molar-refractivity contribution in [1.82, 2.24) is 0 Å². The number of amides is 1. The van der Waals surface area contributed by atoms with E-state index in [1.807, 2.05) is 0 Å². The third-order valence-electron chi connectivity index (χ3n) is 2.97. The van der Waals surface area contributed by atoms with Crippen LogP contribution in [0.3, 0.4) is 0 Å². The number of hydrogen-bond donors (Lipinski definition) is 3. The SMILES string of the molecule is COC(=O)c1cccc(NC(=O)Cc2ccc(O)c(O)c2)c1. The summed E-state index contributed by atoms with van der Waals surface area (Å²) in [5, 5.41) is 21.3. The lowest BCUT2D eigenvalue weighted by Crippen LogP contribution is -2.14. The number of methoxy groups -OCH3 is 1. The molecule has 0 aliphatic carbocycles. The van der Waals surface area contributed by atoms with E-state index in [0.29, 0.717) is 16.8 Å².